The van der Waals surface area contributed by atoms with Crippen LogP contribution in [0.1, 0.15) is 144 Å². The Morgan fingerprint density at radius 2 is 1.21 bits per heavy atom. The quantitative estimate of drug-likeness (QED) is 0.0663. The molecule has 6 N–H and O–H groups in total. The molecule has 4 aromatic rings. The second kappa shape index (κ2) is 25.3. The molecule has 16 heteroatoms. The summed E-state index contributed by atoms with van der Waals surface area (Å²) < 4.78 is 0. The van der Waals surface area contributed by atoms with E-state index in [-0.39, 0.29) is 74.1 Å². The van der Waals surface area contributed by atoms with Gasteiger partial charge in [-0.1, -0.05) is 139 Å². The van der Waals surface area contributed by atoms with Crippen molar-refractivity contribution in [3.8, 4) is 0 Å². The second-order valence-corrected chi connectivity index (χ2v) is 23.7. The van der Waals surface area contributed by atoms with Crippen molar-refractivity contribution in [1.82, 2.24) is 46.6 Å². The fraction of sp³-hybridized carbons (Fsp3) is 0.500. The van der Waals surface area contributed by atoms with Crippen molar-refractivity contribution in [2.45, 2.75) is 168 Å². The second-order valence-electron chi connectivity index (χ2n) is 23.7. The van der Waals surface area contributed by atoms with E-state index < -0.39 is 64.9 Å². The molecule has 4 aromatic carbocycles. The van der Waals surface area contributed by atoms with Crippen molar-refractivity contribution in [3.63, 3.8) is 0 Å². The highest BCUT2D eigenvalue weighted by Gasteiger charge is 2.47. The smallest absolute Gasteiger partial charge is 0.251 e. The van der Waals surface area contributed by atoms with Crippen molar-refractivity contribution < 1.29 is 33.6 Å². The van der Waals surface area contributed by atoms with Gasteiger partial charge in [0.1, 0.15) is 24.2 Å². The van der Waals surface area contributed by atoms with E-state index >= 15 is 9.59 Å². The number of nitrogens with one attached hydrogen (secondary N) is 6. The molecule has 3 aliphatic rings. The Labute approximate surface area is 461 Å². The molecule has 7 rings (SSSR count). The predicted octanol–water partition coefficient (Wildman–Crippen LogP) is 6.29. The number of nitrogens with zero attached hydrogens (tertiary/aromatic N) is 3. The number of likely N-dealkylation sites (tertiary alicyclic amines) is 1. The summed E-state index contributed by atoms with van der Waals surface area (Å²) in [5.41, 5.74) is 4.77. The number of hydrogen-bond donors (Lipinski definition) is 6. The molecular formula is C62H83N9O7. The number of carbonyl (C=O) groups excluding carboxylic acids is 7. The fourth-order valence-corrected chi connectivity index (χ4v) is 11.1. The summed E-state index contributed by atoms with van der Waals surface area (Å²) in [4.78, 5) is 106. The number of hydrogen-bond acceptors (Lipinski definition) is 9. The van der Waals surface area contributed by atoms with Gasteiger partial charge in [0, 0.05) is 37.7 Å². The van der Waals surface area contributed by atoms with Crippen LogP contribution in [0.5, 0.6) is 0 Å². The van der Waals surface area contributed by atoms with Crippen LogP contribution in [0.25, 0.3) is 0 Å². The number of benzene rings is 4. The molecule has 0 spiro atoms. The number of carbonyl (C=O) groups is 7. The highest BCUT2D eigenvalue weighted by Crippen LogP contribution is 2.35. The minimum Gasteiger partial charge on any atom is -0.347 e. The van der Waals surface area contributed by atoms with Gasteiger partial charge >= 0.3 is 0 Å². The third-order valence-electron chi connectivity index (χ3n) is 16.0. The van der Waals surface area contributed by atoms with Gasteiger partial charge in [0.15, 0.2) is 0 Å². The van der Waals surface area contributed by atoms with Crippen molar-refractivity contribution in [2.75, 3.05) is 20.6 Å². The average molecular weight is 1070 g/mol. The average Bonchev–Trinajstić information content (AvgIpc) is 3.86. The van der Waals surface area contributed by atoms with E-state index in [1.54, 1.807) is 45.0 Å². The molecule has 0 bridgehead atoms. The molecule has 78 heavy (non-hydrogen) atoms. The molecule has 0 saturated carbocycles. The maximum atomic E-state index is 15.6. The monoisotopic (exact) mass is 1070 g/mol. The Morgan fingerprint density at radius 3 is 1.78 bits per heavy atom. The van der Waals surface area contributed by atoms with Crippen molar-refractivity contribution in [1.29, 1.82) is 0 Å². The summed E-state index contributed by atoms with van der Waals surface area (Å²) in [5, 5.41) is 18.2. The van der Waals surface area contributed by atoms with E-state index in [1.807, 2.05) is 138 Å². The Hall–Kier alpha value is -6.91. The Morgan fingerprint density at radius 1 is 0.654 bits per heavy atom. The molecule has 418 valence electrons. The summed E-state index contributed by atoms with van der Waals surface area (Å²) >= 11 is 0. The summed E-state index contributed by atoms with van der Waals surface area (Å²) in [7, 11) is 3.36. The van der Waals surface area contributed by atoms with Crippen LogP contribution >= 0.6 is 0 Å². The zero-order valence-electron chi connectivity index (χ0n) is 47.6. The lowest BCUT2D eigenvalue weighted by molar-refractivity contribution is -0.152. The summed E-state index contributed by atoms with van der Waals surface area (Å²) in [6, 6.07) is 26.8. The lowest BCUT2D eigenvalue weighted by Crippen LogP contribution is -2.62. The van der Waals surface area contributed by atoms with Crippen molar-refractivity contribution in [3.05, 3.63) is 142 Å². The first-order chi connectivity index (χ1) is 37.0. The maximum absolute atomic E-state index is 15.6. The molecule has 1 unspecified atom stereocenters. The first-order valence-corrected chi connectivity index (χ1v) is 27.8. The molecule has 1 saturated heterocycles. The summed E-state index contributed by atoms with van der Waals surface area (Å²) in [5.74, 6) is -2.37. The maximum Gasteiger partial charge on any atom is 0.251 e. The Bertz CT molecular complexity index is 2790. The van der Waals surface area contributed by atoms with Crippen LogP contribution in [0.15, 0.2) is 103 Å². The van der Waals surface area contributed by atoms with Crippen LogP contribution in [-0.2, 0) is 54.7 Å². The minimum absolute atomic E-state index is 0.0457. The third kappa shape index (κ3) is 13.7. The van der Waals surface area contributed by atoms with Gasteiger partial charge in [-0.2, -0.15) is 0 Å². The fourth-order valence-electron chi connectivity index (χ4n) is 11.1. The number of fused-ring (bicyclic) bond motifs is 2. The van der Waals surface area contributed by atoms with E-state index in [9.17, 15) is 24.0 Å². The van der Waals surface area contributed by atoms with Crippen molar-refractivity contribution >= 4 is 41.4 Å². The van der Waals surface area contributed by atoms with Gasteiger partial charge in [-0.15, -0.1) is 0 Å². The van der Waals surface area contributed by atoms with Crippen LogP contribution < -0.4 is 31.9 Å². The Balaban J connectivity index is 1.15. The van der Waals surface area contributed by atoms with E-state index in [1.165, 1.54) is 10.5 Å². The largest absolute Gasteiger partial charge is 0.347 e. The SMILES string of the molecule is CC[C@H](c1ccccc1)N(Cc1ccc(C(=O)N[C@H]2C[C@@H](C(=O)N[C@@H]3CCCc4ccccc43)N(C(=O)[C@@H](NC(=O)[C@H](C)NC)C(C)(C)C)C2)cc1)C(=O)[C@@H]1Cc2ccccc2CN1C(=O)C(NC(=O)[C@H](C)NC)C(C)(C)C. The summed E-state index contributed by atoms with van der Waals surface area (Å²) in [6.45, 7) is 17.2. The standard InChI is InChI=1S/C62H83N9O7/c1-12-49(42-22-14-13-15-23-42)69(58(76)51-33-44-24-16-17-25-45(44)36-70(51)59(77)52(61(4,5)6)67-54(72)38(2)63-10)35-40-29-31-43(32-30-40)56(74)65-46-34-50(57(75)66-48-28-20-26-41-21-18-19-27-47(41)48)71(37-46)60(78)53(62(7,8)9)68-55(73)39(3)64-11/h13-19,21-25,27,29-32,38-39,46,48-53,63-64H,12,20,26,28,33-37H2,1-11H3,(H,65,74)(H,66,75)(H,67,72)(H,68,73)/t38-,39-,46-,48+,49+,50-,51-,52?,53+/m0/s1. The van der Waals surface area contributed by atoms with Crippen LogP contribution in [0, 0.1) is 10.8 Å². The first-order valence-electron chi connectivity index (χ1n) is 27.8. The van der Waals surface area contributed by atoms with Gasteiger partial charge in [0.2, 0.25) is 35.4 Å². The number of likely N-dealkylation sites (N-methyl/N-ethyl adjacent to an activating group) is 2. The third-order valence-corrected chi connectivity index (χ3v) is 16.0. The zero-order valence-corrected chi connectivity index (χ0v) is 47.6. The molecule has 16 nitrogen and oxygen atoms in total. The summed E-state index contributed by atoms with van der Waals surface area (Å²) in [6.07, 6.45) is 3.58. The molecular weight excluding hydrogens is 983 g/mol. The first kappa shape index (κ1) is 58.8. The molecule has 9 atom stereocenters. The highest BCUT2D eigenvalue weighted by atomic mass is 16.2. The molecule has 0 radical (unpaired) electrons. The minimum atomic E-state index is -0.966. The highest BCUT2D eigenvalue weighted by molar-refractivity contribution is 5.97. The topological polar surface area (TPSA) is 201 Å². The molecule has 1 aliphatic carbocycles. The van der Waals surface area contributed by atoms with E-state index in [0.29, 0.717) is 12.0 Å². The molecule has 7 amide bonds. The number of rotatable bonds is 18. The molecule has 0 aromatic heterocycles. The van der Waals surface area contributed by atoms with Gasteiger partial charge < -0.3 is 46.6 Å². The van der Waals surface area contributed by atoms with Gasteiger partial charge in [0.05, 0.1) is 24.2 Å². The predicted molar refractivity (Wildman–Crippen MR) is 302 cm³/mol. The van der Waals surface area contributed by atoms with Crippen molar-refractivity contribution in [2.24, 2.45) is 10.8 Å². The number of aryl methyl sites for hydroxylation is 1. The lowest BCUT2D eigenvalue weighted by Gasteiger charge is -2.44. The van der Waals surface area contributed by atoms with Gasteiger partial charge in [-0.05, 0) is 116 Å². The lowest BCUT2D eigenvalue weighted by atomic mass is 9.84. The van der Waals surface area contributed by atoms with E-state index in [0.717, 1.165) is 47.1 Å². The van der Waals surface area contributed by atoms with E-state index in [4.69, 9.17) is 0 Å². The molecule has 2 heterocycles. The molecule has 1 fully saturated rings. The normalized spacial score (nSPS) is 20.1. The van der Waals surface area contributed by atoms with Crippen LogP contribution in [0.2, 0.25) is 0 Å². The van der Waals surface area contributed by atoms with Gasteiger partial charge in [-0.3, -0.25) is 33.6 Å². The van der Waals surface area contributed by atoms with E-state index in [2.05, 4.69) is 38.0 Å². The van der Waals surface area contributed by atoms with Crippen LogP contribution in [0.4, 0.5) is 0 Å². The Kier molecular flexibility index (Phi) is 19.0. The zero-order chi connectivity index (χ0) is 56.6. The number of amides is 7. The van der Waals surface area contributed by atoms with Gasteiger partial charge in [0.25, 0.3) is 5.91 Å². The van der Waals surface area contributed by atoms with Crippen LogP contribution in [0.3, 0.4) is 0 Å². The molecule has 2 aliphatic heterocycles. The van der Waals surface area contributed by atoms with Crippen LogP contribution in [-0.4, -0.2) is 119 Å². The van der Waals surface area contributed by atoms with Gasteiger partial charge in [-0.25, -0.2) is 0 Å².